The first-order valence-corrected chi connectivity index (χ1v) is 5.91. The first-order chi connectivity index (χ1) is 8.20. The van der Waals surface area contributed by atoms with E-state index in [0.29, 0.717) is 18.7 Å². The van der Waals surface area contributed by atoms with Crippen LogP contribution in [-0.4, -0.2) is 65.3 Å². The van der Waals surface area contributed by atoms with Gasteiger partial charge in [0.15, 0.2) is 0 Å². The summed E-state index contributed by atoms with van der Waals surface area (Å²) in [5.41, 5.74) is 6.10. The molecular formula is C11H19N5O. The van der Waals surface area contributed by atoms with Gasteiger partial charge < -0.3 is 15.5 Å². The number of likely N-dealkylation sites (N-methyl/N-ethyl adjacent to an activating group) is 1. The molecule has 0 spiro atoms. The standard InChI is InChI=1S/C11H19N5O/c1-14-4-6-15(7-5-14)11(17)10-8-13-16(9-10)3-2-12/h8-9H,2-7,12H2,1H3. The molecule has 0 unspecified atom stereocenters. The zero-order valence-corrected chi connectivity index (χ0v) is 10.2. The summed E-state index contributed by atoms with van der Waals surface area (Å²) < 4.78 is 1.71. The molecule has 1 aromatic heterocycles. The van der Waals surface area contributed by atoms with E-state index in [-0.39, 0.29) is 5.91 Å². The quantitative estimate of drug-likeness (QED) is 0.749. The van der Waals surface area contributed by atoms with Crippen molar-refractivity contribution in [1.29, 1.82) is 0 Å². The normalized spacial score (nSPS) is 17.4. The van der Waals surface area contributed by atoms with E-state index < -0.39 is 0 Å². The SMILES string of the molecule is CN1CCN(C(=O)c2cnn(CCN)c2)CC1. The minimum Gasteiger partial charge on any atom is -0.336 e. The van der Waals surface area contributed by atoms with Crippen molar-refractivity contribution in [3.8, 4) is 0 Å². The lowest BCUT2D eigenvalue weighted by Gasteiger charge is -2.32. The summed E-state index contributed by atoms with van der Waals surface area (Å²) in [7, 11) is 2.07. The van der Waals surface area contributed by atoms with Gasteiger partial charge >= 0.3 is 0 Å². The number of aromatic nitrogens is 2. The Morgan fingerprint density at radius 1 is 1.41 bits per heavy atom. The Kier molecular flexibility index (Phi) is 3.75. The Bertz CT molecular complexity index is 381. The van der Waals surface area contributed by atoms with E-state index in [1.807, 2.05) is 4.90 Å². The van der Waals surface area contributed by atoms with Crippen molar-refractivity contribution in [3.05, 3.63) is 18.0 Å². The van der Waals surface area contributed by atoms with E-state index in [4.69, 9.17) is 5.73 Å². The van der Waals surface area contributed by atoms with Gasteiger partial charge in [-0.05, 0) is 7.05 Å². The Labute approximate surface area is 101 Å². The molecule has 94 valence electrons. The van der Waals surface area contributed by atoms with Crippen LogP contribution in [0.3, 0.4) is 0 Å². The van der Waals surface area contributed by atoms with Crippen LogP contribution in [0.1, 0.15) is 10.4 Å². The molecule has 0 bridgehead atoms. The predicted octanol–water partition coefficient (Wildman–Crippen LogP) is -0.771. The van der Waals surface area contributed by atoms with E-state index in [0.717, 1.165) is 26.2 Å². The maximum Gasteiger partial charge on any atom is 0.257 e. The third-order valence-electron chi connectivity index (χ3n) is 3.03. The highest BCUT2D eigenvalue weighted by atomic mass is 16.2. The summed E-state index contributed by atoms with van der Waals surface area (Å²) in [4.78, 5) is 16.2. The number of nitrogens with two attached hydrogens (primary N) is 1. The molecule has 6 nitrogen and oxygen atoms in total. The van der Waals surface area contributed by atoms with E-state index in [2.05, 4.69) is 17.0 Å². The monoisotopic (exact) mass is 237 g/mol. The van der Waals surface area contributed by atoms with Crippen molar-refractivity contribution in [2.75, 3.05) is 39.8 Å². The largest absolute Gasteiger partial charge is 0.336 e. The van der Waals surface area contributed by atoms with E-state index in [1.54, 1.807) is 17.1 Å². The maximum atomic E-state index is 12.1. The third-order valence-corrected chi connectivity index (χ3v) is 3.03. The van der Waals surface area contributed by atoms with Crippen LogP contribution < -0.4 is 5.73 Å². The average Bonchev–Trinajstić information content (AvgIpc) is 2.78. The van der Waals surface area contributed by atoms with Crippen LogP contribution in [-0.2, 0) is 6.54 Å². The van der Waals surface area contributed by atoms with Crippen LogP contribution in [0.15, 0.2) is 12.4 Å². The molecule has 0 saturated carbocycles. The second-order valence-corrected chi connectivity index (χ2v) is 4.38. The molecule has 1 aliphatic heterocycles. The summed E-state index contributed by atoms with van der Waals surface area (Å²) in [6.45, 7) is 4.62. The molecule has 17 heavy (non-hydrogen) atoms. The zero-order valence-electron chi connectivity index (χ0n) is 10.2. The van der Waals surface area contributed by atoms with Gasteiger partial charge in [-0.3, -0.25) is 9.48 Å². The van der Waals surface area contributed by atoms with Gasteiger partial charge in [-0.25, -0.2) is 0 Å². The minimum atomic E-state index is 0.0707. The van der Waals surface area contributed by atoms with Crippen LogP contribution in [0.4, 0.5) is 0 Å². The van der Waals surface area contributed by atoms with Crippen molar-refractivity contribution in [2.45, 2.75) is 6.54 Å². The van der Waals surface area contributed by atoms with Gasteiger partial charge in [-0.1, -0.05) is 0 Å². The first-order valence-electron chi connectivity index (χ1n) is 5.91. The summed E-state index contributed by atoms with van der Waals surface area (Å²) >= 11 is 0. The van der Waals surface area contributed by atoms with Gasteiger partial charge in [0.2, 0.25) is 0 Å². The Morgan fingerprint density at radius 3 is 2.76 bits per heavy atom. The lowest BCUT2D eigenvalue weighted by Crippen LogP contribution is -2.47. The Hall–Kier alpha value is -1.40. The number of carbonyl (C=O) groups excluding carboxylic acids is 1. The smallest absolute Gasteiger partial charge is 0.257 e. The number of hydrogen-bond acceptors (Lipinski definition) is 4. The van der Waals surface area contributed by atoms with Crippen molar-refractivity contribution >= 4 is 5.91 Å². The molecule has 1 aliphatic rings. The fourth-order valence-corrected chi connectivity index (χ4v) is 1.92. The topological polar surface area (TPSA) is 67.4 Å². The van der Waals surface area contributed by atoms with E-state index in [9.17, 15) is 4.79 Å². The molecule has 0 radical (unpaired) electrons. The van der Waals surface area contributed by atoms with Crippen molar-refractivity contribution in [1.82, 2.24) is 19.6 Å². The van der Waals surface area contributed by atoms with Gasteiger partial charge in [0.25, 0.3) is 5.91 Å². The first kappa shape index (κ1) is 12.1. The lowest BCUT2D eigenvalue weighted by atomic mass is 10.2. The summed E-state index contributed by atoms with van der Waals surface area (Å²) in [6, 6.07) is 0. The molecule has 0 atom stereocenters. The molecule has 2 N–H and O–H groups in total. The lowest BCUT2D eigenvalue weighted by molar-refractivity contribution is 0.0664. The summed E-state index contributed by atoms with van der Waals surface area (Å²) in [5.74, 6) is 0.0707. The van der Waals surface area contributed by atoms with Gasteiger partial charge in [0.1, 0.15) is 0 Å². The van der Waals surface area contributed by atoms with Crippen molar-refractivity contribution < 1.29 is 4.79 Å². The highest BCUT2D eigenvalue weighted by Gasteiger charge is 2.21. The molecule has 0 aliphatic carbocycles. The number of carbonyl (C=O) groups is 1. The molecule has 1 saturated heterocycles. The molecule has 1 aromatic rings. The van der Waals surface area contributed by atoms with Crippen LogP contribution >= 0.6 is 0 Å². The molecule has 0 aromatic carbocycles. The number of nitrogens with zero attached hydrogens (tertiary/aromatic N) is 4. The van der Waals surface area contributed by atoms with Crippen LogP contribution in [0.5, 0.6) is 0 Å². The van der Waals surface area contributed by atoms with Crippen LogP contribution in [0, 0.1) is 0 Å². The number of piperazine rings is 1. The number of rotatable bonds is 3. The number of amides is 1. The maximum absolute atomic E-state index is 12.1. The highest BCUT2D eigenvalue weighted by Crippen LogP contribution is 2.07. The molecule has 2 heterocycles. The average molecular weight is 237 g/mol. The molecule has 1 amide bonds. The van der Waals surface area contributed by atoms with E-state index >= 15 is 0 Å². The van der Waals surface area contributed by atoms with Gasteiger partial charge in [0, 0.05) is 38.9 Å². The molecule has 1 fully saturated rings. The highest BCUT2D eigenvalue weighted by molar-refractivity contribution is 5.93. The number of hydrogen-bond donors (Lipinski definition) is 1. The van der Waals surface area contributed by atoms with Gasteiger partial charge in [0.05, 0.1) is 18.3 Å². The predicted molar refractivity (Wildman–Crippen MR) is 64.7 cm³/mol. The van der Waals surface area contributed by atoms with E-state index in [1.165, 1.54) is 0 Å². The fourth-order valence-electron chi connectivity index (χ4n) is 1.92. The molecule has 2 rings (SSSR count). The van der Waals surface area contributed by atoms with Gasteiger partial charge in [-0.2, -0.15) is 5.10 Å². The molecule has 6 heteroatoms. The third kappa shape index (κ3) is 2.83. The van der Waals surface area contributed by atoms with Crippen LogP contribution in [0.2, 0.25) is 0 Å². The Balaban J connectivity index is 1.98. The molecular weight excluding hydrogens is 218 g/mol. The van der Waals surface area contributed by atoms with Gasteiger partial charge in [-0.15, -0.1) is 0 Å². The summed E-state index contributed by atoms with van der Waals surface area (Å²) in [5, 5.41) is 4.12. The van der Waals surface area contributed by atoms with Crippen LogP contribution in [0.25, 0.3) is 0 Å². The summed E-state index contributed by atoms with van der Waals surface area (Å²) in [6.07, 6.45) is 3.39. The minimum absolute atomic E-state index is 0.0707. The second-order valence-electron chi connectivity index (χ2n) is 4.38. The zero-order chi connectivity index (χ0) is 12.3. The fraction of sp³-hybridized carbons (Fsp3) is 0.636. The van der Waals surface area contributed by atoms with Crippen molar-refractivity contribution in [2.24, 2.45) is 5.73 Å². The second kappa shape index (κ2) is 5.29. The van der Waals surface area contributed by atoms with Crippen molar-refractivity contribution in [3.63, 3.8) is 0 Å². The Morgan fingerprint density at radius 2 is 2.12 bits per heavy atom.